The van der Waals surface area contributed by atoms with Crippen LogP contribution in [0, 0.1) is 0 Å². The highest BCUT2D eigenvalue weighted by Crippen LogP contribution is 2.20. The predicted octanol–water partition coefficient (Wildman–Crippen LogP) is 2.93. The lowest BCUT2D eigenvalue weighted by Crippen LogP contribution is -1.92. The Kier molecular flexibility index (Phi) is 4.62. The Bertz CT molecular complexity index is 627. The third-order valence-corrected chi connectivity index (χ3v) is 2.42. The number of benzene rings is 1. The van der Waals surface area contributed by atoms with Crippen LogP contribution in [0.3, 0.4) is 0 Å². The van der Waals surface area contributed by atoms with E-state index < -0.39 is 0 Å². The van der Waals surface area contributed by atoms with Gasteiger partial charge >= 0.3 is 0 Å². The van der Waals surface area contributed by atoms with E-state index in [2.05, 4.69) is 32.3 Å². The maximum absolute atomic E-state index is 5.74. The van der Waals surface area contributed by atoms with Gasteiger partial charge in [0.15, 0.2) is 0 Å². The molecule has 0 unspecified atom stereocenters. The molecule has 6 nitrogen and oxygen atoms in total. The van der Waals surface area contributed by atoms with E-state index in [1.165, 1.54) is 0 Å². The molecule has 0 spiro atoms. The average Bonchev–Trinajstić information content (AvgIpc) is 2.98. The number of rotatable bonds is 5. The highest BCUT2D eigenvalue weighted by atomic mass is 35.5. The van der Waals surface area contributed by atoms with Crippen LogP contribution in [-0.4, -0.2) is 27.3 Å². The largest absolute Gasteiger partial charge is 0.439 e. The summed E-state index contributed by atoms with van der Waals surface area (Å²) in [5.41, 5.74) is 0.833. The zero-order chi connectivity index (χ0) is 14.4. The molecule has 1 aromatic heterocycles. The molecule has 20 heavy (non-hydrogen) atoms. The highest BCUT2D eigenvalue weighted by Gasteiger charge is 2.03. The van der Waals surface area contributed by atoms with Crippen molar-refractivity contribution in [2.24, 2.45) is 4.99 Å². The van der Waals surface area contributed by atoms with Gasteiger partial charge < -0.3 is 4.74 Å². The Labute approximate surface area is 120 Å². The van der Waals surface area contributed by atoms with Gasteiger partial charge in [-0.15, -0.1) is 10.2 Å². The summed E-state index contributed by atoms with van der Waals surface area (Å²) in [4.78, 5) is 3.77. The summed E-state index contributed by atoms with van der Waals surface area (Å²) in [6.07, 6.45) is 3.32. The van der Waals surface area contributed by atoms with Gasteiger partial charge in [0.2, 0.25) is 11.7 Å². The Balaban J connectivity index is 2.12. The lowest BCUT2D eigenvalue weighted by Gasteiger charge is -2.05. The number of aromatic nitrogens is 4. The SMILES string of the molecule is C=N/C(=C\C=C(/C)Cl)Oc1ccc(-c2nn[nH]n2)cc1. The van der Waals surface area contributed by atoms with Gasteiger partial charge in [0, 0.05) is 16.7 Å². The fraction of sp³-hybridized carbons (Fsp3) is 0.0769. The summed E-state index contributed by atoms with van der Waals surface area (Å²) in [5.74, 6) is 1.50. The summed E-state index contributed by atoms with van der Waals surface area (Å²) in [7, 11) is 0. The number of halogens is 1. The van der Waals surface area contributed by atoms with Crippen LogP contribution in [0.2, 0.25) is 0 Å². The number of nitrogens with one attached hydrogen (secondary N) is 1. The molecule has 1 N–H and O–H groups in total. The maximum Gasteiger partial charge on any atom is 0.218 e. The quantitative estimate of drug-likeness (QED) is 0.521. The van der Waals surface area contributed by atoms with Crippen LogP contribution in [0.5, 0.6) is 5.75 Å². The van der Waals surface area contributed by atoms with Gasteiger partial charge in [0.25, 0.3) is 0 Å². The first kappa shape index (κ1) is 14.0. The molecule has 0 aliphatic rings. The van der Waals surface area contributed by atoms with E-state index in [1.54, 1.807) is 31.2 Å². The van der Waals surface area contributed by atoms with Crippen molar-refractivity contribution in [3.63, 3.8) is 0 Å². The number of hydrogen-bond donors (Lipinski definition) is 1. The van der Waals surface area contributed by atoms with Gasteiger partial charge in [0.05, 0.1) is 0 Å². The second kappa shape index (κ2) is 6.63. The van der Waals surface area contributed by atoms with Gasteiger partial charge in [0.1, 0.15) is 5.75 Å². The predicted molar refractivity (Wildman–Crippen MR) is 77.5 cm³/mol. The number of aromatic amines is 1. The molecule has 1 aromatic carbocycles. The molecule has 1 heterocycles. The molecule has 0 saturated carbocycles. The fourth-order valence-electron chi connectivity index (χ4n) is 1.38. The summed E-state index contributed by atoms with van der Waals surface area (Å²) in [6.45, 7) is 5.21. The van der Waals surface area contributed by atoms with Crippen molar-refractivity contribution >= 4 is 18.3 Å². The van der Waals surface area contributed by atoms with Crippen LogP contribution < -0.4 is 4.74 Å². The molecule has 0 aliphatic carbocycles. The third kappa shape index (κ3) is 3.76. The van der Waals surface area contributed by atoms with Crippen LogP contribution in [0.4, 0.5) is 0 Å². The van der Waals surface area contributed by atoms with Crippen LogP contribution in [0.25, 0.3) is 11.4 Å². The van der Waals surface area contributed by atoms with Crippen molar-refractivity contribution < 1.29 is 4.74 Å². The second-order valence-electron chi connectivity index (χ2n) is 3.78. The minimum atomic E-state index is 0.359. The van der Waals surface area contributed by atoms with Crippen molar-refractivity contribution in [1.29, 1.82) is 0 Å². The van der Waals surface area contributed by atoms with E-state index in [0.717, 1.165) is 5.56 Å². The standard InChI is InChI=1S/C13H12ClN5O/c1-9(14)3-8-12(15-2)20-11-6-4-10(5-7-11)13-16-18-19-17-13/h3-8H,2H2,1H3,(H,16,17,18,19)/b9-3+,12-8+. The van der Waals surface area contributed by atoms with Gasteiger partial charge in [-0.05, 0) is 49.2 Å². The number of nitrogens with zero attached hydrogens (tertiary/aromatic N) is 4. The number of aliphatic imine (C=N–C) groups is 1. The lowest BCUT2D eigenvalue weighted by molar-refractivity contribution is 0.422. The minimum absolute atomic E-state index is 0.359. The van der Waals surface area contributed by atoms with E-state index in [-0.39, 0.29) is 0 Å². The normalized spacial score (nSPS) is 12.3. The molecular weight excluding hydrogens is 278 g/mol. The first-order valence-electron chi connectivity index (χ1n) is 5.71. The van der Waals surface area contributed by atoms with Crippen LogP contribution in [0.15, 0.2) is 52.3 Å². The molecule has 2 rings (SSSR count). The van der Waals surface area contributed by atoms with Gasteiger partial charge in [-0.25, -0.2) is 4.99 Å². The number of H-pyrrole nitrogens is 1. The van der Waals surface area contributed by atoms with Crippen molar-refractivity contribution in [3.05, 3.63) is 47.3 Å². The smallest absolute Gasteiger partial charge is 0.218 e. The van der Waals surface area contributed by atoms with E-state index in [9.17, 15) is 0 Å². The van der Waals surface area contributed by atoms with Crippen molar-refractivity contribution in [1.82, 2.24) is 20.6 Å². The fourth-order valence-corrected chi connectivity index (χ4v) is 1.44. The number of hydrogen-bond acceptors (Lipinski definition) is 5. The zero-order valence-electron chi connectivity index (χ0n) is 10.7. The summed E-state index contributed by atoms with van der Waals surface area (Å²) < 4.78 is 5.55. The topological polar surface area (TPSA) is 76.1 Å². The molecule has 2 aromatic rings. The van der Waals surface area contributed by atoms with E-state index in [1.807, 2.05) is 12.1 Å². The molecule has 0 amide bonds. The van der Waals surface area contributed by atoms with Crippen LogP contribution in [0.1, 0.15) is 6.92 Å². The van der Waals surface area contributed by atoms with Crippen molar-refractivity contribution in [2.75, 3.05) is 0 Å². The summed E-state index contributed by atoms with van der Waals surface area (Å²) in [5, 5.41) is 14.3. The first-order valence-corrected chi connectivity index (χ1v) is 6.09. The number of ether oxygens (including phenoxy) is 1. The Morgan fingerprint density at radius 2 is 2.10 bits per heavy atom. The Hall–Kier alpha value is -2.47. The molecule has 0 aliphatic heterocycles. The Morgan fingerprint density at radius 3 is 2.65 bits per heavy atom. The van der Waals surface area contributed by atoms with Crippen molar-refractivity contribution in [2.45, 2.75) is 6.92 Å². The molecular formula is C13H12ClN5O. The molecule has 102 valence electrons. The monoisotopic (exact) mass is 289 g/mol. The average molecular weight is 290 g/mol. The highest BCUT2D eigenvalue weighted by molar-refractivity contribution is 6.29. The Morgan fingerprint density at radius 1 is 1.35 bits per heavy atom. The molecule has 0 bridgehead atoms. The number of allylic oxidation sites excluding steroid dienone is 3. The minimum Gasteiger partial charge on any atom is -0.439 e. The third-order valence-electron chi connectivity index (χ3n) is 2.29. The summed E-state index contributed by atoms with van der Waals surface area (Å²) in [6, 6.07) is 7.21. The second-order valence-corrected chi connectivity index (χ2v) is 4.37. The van der Waals surface area contributed by atoms with Crippen molar-refractivity contribution in [3.8, 4) is 17.1 Å². The van der Waals surface area contributed by atoms with E-state index in [4.69, 9.17) is 16.3 Å². The molecule has 0 saturated heterocycles. The van der Waals surface area contributed by atoms with Gasteiger partial charge in [-0.1, -0.05) is 11.6 Å². The lowest BCUT2D eigenvalue weighted by atomic mass is 10.2. The summed E-state index contributed by atoms with van der Waals surface area (Å²) >= 11 is 5.74. The zero-order valence-corrected chi connectivity index (χ0v) is 11.5. The molecule has 0 fully saturated rings. The van der Waals surface area contributed by atoms with Gasteiger partial charge in [-0.2, -0.15) is 5.21 Å². The molecule has 0 radical (unpaired) electrons. The first-order chi connectivity index (χ1) is 9.69. The van der Waals surface area contributed by atoms with E-state index >= 15 is 0 Å². The molecule has 7 heteroatoms. The maximum atomic E-state index is 5.74. The van der Waals surface area contributed by atoms with Crippen LogP contribution >= 0.6 is 11.6 Å². The molecule has 0 atom stereocenters. The number of tetrazole rings is 1. The van der Waals surface area contributed by atoms with E-state index in [0.29, 0.717) is 22.5 Å². The van der Waals surface area contributed by atoms with Gasteiger partial charge in [-0.3, -0.25) is 0 Å². The van der Waals surface area contributed by atoms with Crippen LogP contribution in [-0.2, 0) is 0 Å².